The summed E-state index contributed by atoms with van der Waals surface area (Å²) >= 11 is 13.3. The number of aromatic nitrogens is 2. The molecule has 1 saturated heterocycles. The van der Waals surface area contributed by atoms with Crippen molar-refractivity contribution in [3.63, 3.8) is 0 Å². The maximum Gasteiger partial charge on any atom is 0.152 e. The number of nitrogens with two attached hydrogens (primary N) is 1. The highest BCUT2D eigenvalue weighted by Gasteiger charge is 2.30. The van der Waals surface area contributed by atoms with E-state index >= 15 is 0 Å². The van der Waals surface area contributed by atoms with E-state index in [1.807, 2.05) is 0 Å². The van der Waals surface area contributed by atoms with Gasteiger partial charge >= 0.3 is 0 Å². The normalized spacial score (nSPS) is 21.4. The molecular weight excluding hydrogens is 341 g/mol. The zero-order valence-electron chi connectivity index (χ0n) is 10.2. The van der Waals surface area contributed by atoms with Gasteiger partial charge in [0, 0.05) is 11.8 Å². The van der Waals surface area contributed by atoms with Crippen LogP contribution in [0.15, 0.2) is 12.3 Å². The molecule has 0 amide bonds. The van der Waals surface area contributed by atoms with Gasteiger partial charge in [-0.25, -0.2) is 8.42 Å². The van der Waals surface area contributed by atoms with Crippen molar-refractivity contribution in [1.82, 2.24) is 9.78 Å². The third kappa shape index (κ3) is 2.55. The Labute approximate surface area is 130 Å². The highest BCUT2D eigenvalue weighted by molar-refractivity contribution is 7.91. The Morgan fingerprint density at radius 2 is 2.20 bits per heavy atom. The average molecular weight is 352 g/mol. The molecule has 2 N–H and O–H groups in total. The van der Waals surface area contributed by atoms with Crippen LogP contribution in [0.5, 0.6) is 0 Å². The van der Waals surface area contributed by atoms with Gasteiger partial charge in [0.25, 0.3) is 0 Å². The van der Waals surface area contributed by atoms with E-state index in [0.717, 1.165) is 0 Å². The van der Waals surface area contributed by atoms with Crippen LogP contribution in [0.1, 0.15) is 12.5 Å². The molecule has 0 bridgehead atoms. The number of nitrogens with zero attached hydrogens (tertiary/aromatic N) is 2. The summed E-state index contributed by atoms with van der Waals surface area (Å²) in [4.78, 5) is 0. The van der Waals surface area contributed by atoms with Gasteiger partial charge in [0.05, 0.1) is 27.6 Å². The quantitative estimate of drug-likeness (QED) is 0.902. The summed E-state index contributed by atoms with van der Waals surface area (Å²) in [5.41, 5.74) is 7.64. The molecule has 1 atom stereocenters. The lowest BCUT2D eigenvalue weighted by atomic mass is 10.2. The summed E-state index contributed by atoms with van der Waals surface area (Å²) in [5.74, 6) is 0.295. The number of rotatable bonds is 2. The minimum Gasteiger partial charge on any atom is -0.396 e. The van der Waals surface area contributed by atoms with E-state index in [9.17, 15) is 8.42 Å². The monoisotopic (exact) mass is 351 g/mol. The number of anilines is 1. The molecule has 1 fully saturated rings. The minimum atomic E-state index is -2.96. The molecule has 20 heavy (non-hydrogen) atoms. The van der Waals surface area contributed by atoms with Gasteiger partial charge in [-0.15, -0.1) is 11.3 Å². The van der Waals surface area contributed by atoms with Crippen molar-refractivity contribution < 1.29 is 8.42 Å². The Morgan fingerprint density at radius 1 is 1.45 bits per heavy atom. The van der Waals surface area contributed by atoms with Crippen molar-refractivity contribution in [3.05, 3.63) is 20.9 Å². The lowest BCUT2D eigenvalue weighted by molar-refractivity contribution is 0.501. The molecule has 2 aromatic heterocycles. The van der Waals surface area contributed by atoms with E-state index in [2.05, 4.69) is 5.10 Å². The smallest absolute Gasteiger partial charge is 0.152 e. The maximum absolute atomic E-state index is 11.5. The van der Waals surface area contributed by atoms with Crippen LogP contribution < -0.4 is 5.73 Å². The zero-order valence-corrected chi connectivity index (χ0v) is 13.4. The largest absolute Gasteiger partial charge is 0.396 e. The molecule has 0 saturated carbocycles. The second-order valence-electron chi connectivity index (χ2n) is 4.71. The van der Waals surface area contributed by atoms with E-state index in [1.54, 1.807) is 16.9 Å². The van der Waals surface area contributed by atoms with Gasteiger partial charge in [-0.1, -0.05) is 23.2 Å². The fourth-order valence-electron chi connectivity index (χ4n) is 2.29. The van der Waals surface area contributed by atoms with Crippen LogP contribution >= 0.6 is 34.5 Å². The van der Waals surface area contributed by atoms with Gasteiger partial charge in [-0.3, -0.25) is 4.68 Å². The topological polar surface area (TPSA) is 78.0 Å². The zero-order chi connectivity index (χ0) is 14.5. The van der Waals surface area contributed by atoms with Gasteiger partial charge in [0.1, 0.15) is 10.0 Å². The molecule has 0 aromatic carbocycles. The van der Waals surface area contributed by atoms with Crippen molar-refractivity contribution in [2.24, 2.45) is 0 Å². The Kier molecular flexibility index (Phi) is 3.48. The molecule has 1 unspecified atom stereocenters. The van der Waals surface area contributed by atoms with E-state index in [-0.39, 0.29) is 17.5 Å². The lowest BCUT2D eigenvalue weighted by Crippen LogP contribution is -2.11. The van der Waals surface area contributed by atoms with Crippen molar-refractivity contribution in [2.75, 3.05) is 17.2 Å². The van der Waals surface area contributed by atoms with Crippen molar-refractivity contribution in [1.29, 1.82) is 0 Å². The van der Waals surface area contributed by atoms with Gasteiger partial charge in [0.2, 0.25) is 0 Å². The first kappa shape index (κ1) is 14.2. The Balaban J connectivity index is 1.98. The van der Waals surface area contributed by atoms with Crippen LogP contribution in [-0.4, -0.2) is 29.7 Å². The predicted octanol–water partition coefficient (Wildman–Crippen LogP) is 2.86. The first-order chi connectivity index (χ1) is 9.35. The van der Waals surface area contributed by atoms with Gasteiger partial charge in [0.15, 0.2) is 9.84 Å². The van der Waals surface area contributed by atoms with E-state index in [4.69, 9.17) is 28.9 Å². The number of nitrogen functional groups attached to an aromatic ring is 1. The Hall–Kier alpha value is -0.760. The first-order valence-electron chi connectivity index (χ1n) is 5.86. The lowest BCUT2D eigenvalue weighted by Gasteiger charge is -2.07. The molecule has 5 nitrogen and oxygen atoms in total. The molecule has 9 heteroatoms. The van der Waals surface area contributed by atoms with Crippen LogP contribution in [-0.2, 0) is 9.84 Å². The minimum absolute atomic E-state index is 0.103. The summed E-state index contributed by atoms with van der Waals surface area (Å²) < 4.78 is 25.7. The molecule has 2 aromatic rings. The van der Waals surface area contributed by atoms with Crippen LogP contribution in [0.2, 0.25) is 8.67 Å². The number of thiophene rings is 1. The molecule has 3 rings (SSSR count). The molecule has 1 aliphatic heterocycles. The molecule has 1 aliphatic rings. The summed E-state index contributed by atoms with van der Waals surface area (Å²) in [6.45, 7) is 0. The number of hydrogen-bond donors (Lipinski definition) is 1. The molecule has 0 aliphatic carbocycles. The van der Waals surface area contributed by atoms with E-state index in [1.165, 1.54) is 11.3 Å². The van der Waals surface area contributed by atoms with Crippen molar-refractivity contribution in [2.45, 2.75) is 12.5 Å². The Bertz CT molecular complexity index is 767. The van der Waals surface area contributed by atoms with Crippen molar-refractivity contribution in [3.8, 4) is 11.3 Å². The SMILES string of the molecule is Nc1cn(C2CCS(=O)(=O)C2)nc1-c1cc(Cl)sc1Cl. The Morgan fingerprint density at radius 3 is 2.75 bits per heavy atom. The summed E-state index contributed by atoms with van der Waals surface area (Å²) in [6.07, 6.45) is 2.21. The highest BCUT2D eigenvalue weighted by Crippen LogP contribution is 2.40. The van der Waals surface area contributed by atoms with Crippen LogP contribution in [0.3, 0.4) is 0 Å². The van der Waals surface area contributed by atoms with Crippen LogP contribution in [0.4, 0.5) is 5.69 Å². The predicted molar refractivity (Wildman–Crippen MR) is 82.3 cm³/mol. The van der Waals surface area contributed by atoms with Crippen LogP contribution in [0, 0.1) is 0 Å². The molecule has 0 radical (unpaired) electrons. The van der Waals surface area contributed by atoms with Crippen LogP contribution in [0.25, 0.3) is 11.3 Å². The number of sulfone groups is 1. The summed E-state index contributed by atoms with van der Waals surface area (Å²) in [5, 5.41) is 4.39. The molecule has 108 valence electrons. The van der Waals surface area contributed by atoms with Gasteiger partial charge in [-0.05, 0) is 12.5 Å². The third-order valence-electron chi connectivity index (χ3n) is 3.25. The molecular formula is C11H11Cl2N3O2S2. The van der Waals surface area contributed by atoms with E-state index < -0.39 is 9.84 Å². The van der Waals surface area contributed by atoms with Gasteiger partial charge < -0.3 is 5.73 Å². The number of hydrogen-bond acceptors (Lipinski definition) is 5. The highest BCUT2D eigenvalue weighted by atomic mass is 35.5. The fourth-order valence-corrected chi connectivity index (χ4v) is 5.46. The average Bonchev–Trinajstić information content (AvgIpc) is 2.97. The van der Waals surface area contributed by atoms with Gasteiger partial charge in [-0.2, -0.15) is 5.10 Å². The van der Waals surface area contributed by atoms with E-state index in [0.29, 0.717) is 32.0 Å². The number of halogens is 2. The summed E-state index contributed by atoms with van der Waals surface area (Å²) in [7, 11) is -2.96. The third-order valence-corrected chi connectivity index (χ3v) is 6.49. The fraction of sp³-hybridized carbons (Fsp3) is 0.364. The van der Waals surface area contributed by atoms with Crippen molar-refractivity contribution >= 4 is 50.1 Å². The second kappa shape index (κ2) is 4.91. The molecule has 3 heterocycles. The summed E-state index contributed by atoms with van der Waals surface area (Å²) in [6, 6.07) is 1.55. The first-order valence-corrected chi connectivity index (χ1v) is 9.25. The maximum atomic E-state index is 11.5. The molecule has 0 spiro atoms. The standard InChI is InChI=1S/C11H11Cl2N3O2S2/c12-9-3-7(11(13)19-9)10-8(14)4-16(15-10)6-1-2-20(17,18)5-6/h3-4,6H,1-2,5,14H2. The second-order valence-corrected chi connectivity index (χ2v) is 9.22.